The van der Waals surface area contributed by atoms with E-state index in [1.54, 1.807) is 0 Å². The van der Waals surface area contributed by atoms with Gasteiger partial charge in [-0.1, -0.05) is 114 Å². The molecule has 0 aliphatic carbocycles. The first-order chi connectivity index (χ1) is 19.3. The second-order valence-electron chi connectivity index (χ2n) is 11.1. The number of aromatic nitrogens is 1. The molecule has 2 nitrogen and oxygen atoms in total. The molecule has 0 spiro atoms. The summed E-state index contributed by atoms with van der Waals surface area (Å²) in [6, 6.07) is 28.8. The molecule has 1 aromatic heterocycles. The maximum Gasteiger partial charge on any atom is 0.0808 e. The lowest BCUT2D eigenvalue weighted by Crippen LogP contribution is -2.50. The third-order valence-corrected chi connectivity index (χ3v) is 8.91. The van der Waals surface area contributed by atoms with Crippen molar-refractivity contribution in [1.82, 2.24) is 4.98 Å². The minimum atomic E-state index is -0.203. The highest BCUT2D eigenvalue weighted by molar-refractivity contribution is 6.18. The van der Waals surface area contributed by atoms with Crippen molar-refractivity contribution in [3.63, 3.8) is 0 Å². The van der Waals surface area contributed by atoms with Gasteiger partial charge < -0.3 is 5.32 Å². The molecular formula is C38H46N2. The van der Waals surface area contributed by atoms with Gasteiger partial charge in [0.25, 0.3) is 0 Å². The molecule has 0 saturated carbocycles. The predicted octanol–water partition coefficient (Wildman–Crippen LogP) is 11.3. The Balaban J connectivity index is 0.000000886. The molecule has 40 heavy (non-hydrogen) atoms. The Bertz CT molecular complexity index is 1640. The van der Waals surface area contributed by atoms with Crippen LogP contribution in [0, 0.1) is 13.8 Å². The SMILES string of the molecule is CC.CC.CCC1(C)c2ccc(-c3c(C)cccc3C)c3c2nc(c2ccccc23)-c2ccccc2NC1(C)C. The van der Waals surface area contributed by atoms with Gasteiger partial charge in [-0.25, -0.2) is 4.98 Å². The quantitative estimate of drug-likeness (QED) is 0.230. The van der Waals surface area contributed by atoms with Gasteiger partial charge in [-0.3, -0.25) is 0 Å². The van der Waals surface area contributed by atoms with E-state index in [2.05, 4.69) is 126 Å². The van der Waals surface area contributed by atoms with E-state index in [9.17, 15) is 0 Å². The van der Waals surface area contributed by atoms with E-state index >= 15 is 0 Å². The molecular weight excluding hydrogens is 484 g/mol. The van der Waals surface area contributed by atoms with Crippen LogP contribution in [0.4, 0.5) is 5.69 Å². The molecule has 1 aliphatic heterocycles. The van der Waals surface area contributed by atoms with Crippen LogP contribution >= 0.6 is 0 Å². The zero-order chi connectivity index (χ0) is 29.2. The minimum Gasteiger partial charge on any atom is -0.379 e. The Morgan fingerprint density at radius 1 is 0.675 bits per heavy atom. The van der Waals surface area contributed by atoms with Crippen LogP contribution in [0.25, 0.3) is 44.1 Å². The van der Waals surface area contributed by atoms with Gasteiger partial charge in [-0.2, -0.15) is 0 Å². The molecule has 0 amide bonds. The Hall–Kier alpha value is -3.65. The molecule has 1 N–H and O–H groups in total. The highest BCUT2D eigenvalue weighted by Crippen LogP contribution is 2.49. The lowest BCUT2D eigenvalue weighted by Gasteiger charge is -2.46. The van der Waals surface area contributed by atoms with Crippen molar-refractivity contribution < 1.29 is 0 Å². The molecule has 2 heteroatoms. The molecule has 1 aliphatic rings. The summed E-state index contributed by atoms with van der Waals surface area (Å²) >= 11 is 0. The summed E-state index contributed by atoms with van der Waals surface area (Å²) in [4.78, 5) is 5.56. The molecule has 1 atom stereocenters. The highest BCUT2D eigenvalue weighted by atomic mass is 15.0. The van der Waals surface area contributed by atoms with Crippen LogP contribution in [0.3, 0.4) is 0 Å². The number of nitrogens with one attached hydrogen (secondary N) is 1. The Kier molecular flexibility index (Phi) is 8.40. The molecule has 0 saturated heterocycles. The summed E-state index contributed by atoms with van der Waals surface area (Å²) in [5, 5.41) is 7.69. The normalized spacial score (nSPS) is 16.9. The summed E-state index contributed by atoms with van der Waals surface area (Å²) in [7, 11) is 0. The number of anilines is 1. The maximum absolute atomic E-state index is 5.56. The van der Waals surface area contributed by atoms with E-state index in [4.69, 9.17) is 4.98 Å². The summed E-state index contributed by atoms with van der Waals surface area (Å²) in [5.74, 6) is 0. The molecule has 4 aromatic carbocycles. The van der Waals surface area contributed by atoms with Crippen LogP contribution in [0.5, 0.6) is 0 Å². The molecule has 0 radical (unpaired) electrons. The Labute approximate surface area is 241 Å². The molecule has 6 rings (SSSR count). The zero-order valence-electron chi connectivity index (χ0n) is 26.2. The molecule has 2 heterocycles. The van der Waals surface area contributed by atoms with Gasteiger partial charge in [0, 0.05) is 33.0 Å². The molecule has 2 bridgehead atoms. The number of fused-ring (bicyclic) bond motifs is 6. The monoisotopic (exact) mass is 530 g/mol. The lowest BCUT2D eigenvalue weighted by molar-refractivity contribution is 0.297. The molecule has 0 fully saturated rings. The fraction of sp³-hybridized carbons (Fsp3) is 0.342. The van der Waals surface area contributed by atoms with E-state index in [0.717, 1.165) is 28.9 Å². The molecule has 208 valence electrons. The second kappa shape index (κ2) is 11.5. The predicted molar refractivity (Wildman–Crippen MR) is 178 cm³/mol. The van der Waals surface area contributed by atoms with Gasteiger partial charge in [-0.15, -0.1) is 0 Å². The van der Waals surface area contributed by atoms with Crippen LogP contribution in [0.15, 0.2) is 78.9 Å². The average Bonchev–Trinajstić information content (AvgIpc) is 3.00. The molecule has 1 unspecified atom stereocenters. The largest absolute Gasteiger partial charge is 0.379 e. The van der Waals surface area contributed by atoms with Crippen molar-refractivity contribution >= 4 is 27.4 Å². The van der Waals surface area contributed by atoms with Crippen LogP contribution in [0.2, 0.25) is 0 Å². The Morgan fingerprint density at radius 3 is 1.93 bits per heavy atom. The van der Waals surface area contributed by atoms with Crippen LogP contribution in [-0.4, -0.2) is 10.5 Å². The lowest BCUT2D eigenvalue weighted by atomic mass is 9.65. The van der Waals surface area contributed by atoms with Gasteiger partial charge in [0.1, 0.15) is 0 Å². The topological polar surface area (TPSA) is 24.9 Å². The first-order valence-electron chi connectivity index (χ1n) is 15.1. The van der Waals surface area contributed by atoms with E-state index in [1.807, 2.05) is 27.7 Å². The first kappa shape index (κ1) is 29.3. The summed E-state index contributed by atoms with van der Waals surface area (Å²) < 4.78 is 0. The number of aryl methyl sites for hydroxylation is 2. The summed E-state index contributed by atoms with van der Waals surface area (Å²) in [6.45, 7) is 21.8. The third kappa shape index (κ3) is 4.48. The Morgan fingerprint density at radius 2 is 1.27 bits per heavy atom. The van der Waals surface area contributed by atoms with Gasteiger partial charge in [0.05, 0.1) is 11.2 Å². The van der Waals surface area contributed by atoms with Gasteiger partial charge in [-0.05, 0) is 73.4 Å². The van der Waals surface area contributed by atoms with Crippen molar-refractivity contribution in [3.05, 3.63) is 95.6 Å². The van der Waals surface area contributed by atoms with E-state index in [-0.39, 0.29) is 11.0 Å². The zero-order valence-corrected chi connectivity index (χ0v) is 26.2. The summed E-state index contributed by atoms with van der Waals surface area (Å²) in [5.41, 5.74) is 10.6. The smallest absolute Gasteiger partial charge is 0.0808 e. The number of hydrogen-bond acceptors (Lipinski definition) is 2. The van der Waals surface area contributed by atoms with Crippen molar-refractivity contribution in [2.75, 3.05) is 5.32 Å². The van der Waals surface area contributed by atoms with E-state index < -0.39 is 0 Å². The third-order valence-electron chi connectivity index (χ3n) is 8.91. The van der Waals surface area contributed by atoms with Crippen LogP contribution in [-0.2, 0) is 5.41 Å². The van der Waals surface area contributed by atoms with Crippen molar-refractivity contribution in [2.45, 2.75) is 86.6 Å². The number of rotatable bonds is 2. The van der Waals surface area contributed by atoms with Gasteiger partial charge in [0.2, 0.25) is 0 Å². The van der Waals surface area contributed by atoms with Gasteiger partial charge >= 0.3 is 0 Å². The fourth-order valence-corrected chi connectivity index (χ4v) is 6.40. The highest BCUT2D eigenvalue weighted by Gasteiger charge is 2.44. The number of benzene rings is 4. The van der Waals surface area contributed by atoms with E-state index in [1.165, 1.54) is 44.0 Å². The van der Waals surface area contributed by atoms with Gasteiger partial charge in [0.15, 0.2) is 0 Å². The number of pyridine rings is 1. The minimum absolute atomic E-state index is 0.144. The van der Waals surface area contributed by atoms with Crippen molar-refractivity contribution in [1.29, 1.82) is 0 Å². The van der Waals surface area contributed by atoms with Crippen LogP contribution < -0.4 is 5.32 Å². The number of nitrogens with zero attached hydrogens (tertiary/aromatic N) is 1. The first-order valence-corrected chi connectivity index (χ1v) is 15.1. The number of para-hydroxylation sites is 1. The van der Waals surface area contributed by atoms with E-state index in [0.29, 0.717) is 0 Å². The fourth-order valence-electron chi connectivity index (χ4n) is 6.40. The standard InChI is InChI=1S/C34H34N2.2C2H6/c1-7-34(6)27-20-19-26(29-21(2)13-12-14-22(29)3)30-23-15-8-9-16-24(23)31(35-32(27)30)25-17-10-11-18-28(25)36-33(34,4)5;2*1-2/h8-20,36H,7H2,1-6H3;2*1-2H3. The summed E-state index contributed by atoms with van der Waals surface area (Å²) in [6.07, 6.45) is 0.997. The van der Waals surface area contributed by atoms with Crippen molar-refractivity contribution in [3.8, 4) is 22.4 Å². The molecule has 5 aromatic rings. The van der Waals surface area contributed by atoms with Crippen molar-refractivity contribution in [2.24, 2.45) is 0 Å². The maximum atomic E-state index is 5.56. The second-order valence-corrected chi connectivity index (χ2v) is 11.1. The average molecular weight is 531 g/mol. The number of hydrogen-bond donors (Lipinski definition) is 1. The van der Waals surface area contributed by atoms with Crippen LogP contribution in [0.1, 0.15) is 78.5 Å².